The van der Waals surface area contributed by atoms with Crippen molar-refractivity contribution in [2.45, 2.75) is 33.1 Å². The molecular formula is C16H29N3O5S2. The minimum atomic E-state index is -3.40. The molecule has 0 bridgehead atoms. The minimum absolute atomic E-state index is 0.0398. The highest BCUT2D eigenvalue weighted by molar-refractivity contribution is 7.89. The van der Waals surface area contributed by atoms with E-state index in [2.05, 4.69) is 0 Å². The van der Waals surface area contributed by atoms with Gasteiger partial charge in [-0.1, -0.05) is 0 Å². The molecule has 3 aliphatic heterocycles. The SMILES string of the molecule is CCN1CCC2(CN(S(C)(=O)=O)CC23CCN(S(=O)(=O)CC)CC3)C1=O. The first kappa shape index (κ1) is 20.0. The van der Waals surface area contributed by atoms with Crippen molar-refractivity contribution in [1.29, 1.82) is 0 Å². The highest BCUT2D eigenvalue weighted by Gasteiger charge is 2.66. The maximum atomic E-state index is 13.2. The smallest absolute Gasteiger partial charge is 0.230 e. The first-order valence-corrected chi connectivity index (χ1v) is 12.7. The number of carbonyl (C=O) groups is 1. The molecule has 10 heteroatoms. The number of nitrogens with zero attached hydrogens (tertiary/aromatic N) is 3. The molecule has 3 saturated heterocycles. The molecule has 26 heavy (non-hydrogen) atoms. The third-order valence-electron chi connectivity index (χ3n) is 6.73. The Morgan fingerprint density at radius 2 is 1.54 bits per heavy atom. The molecule has 0 aromatic heterocycles. The fraction of sp³-hybridized carbons (Fsp3) is 0.938. The number of hydrogen-bond acceptors (Lipinski definition) is 5. The molecule has 2 spiro atoms. The second-order valence-corrected chi connectivity index (χ2v) is 12.1. The number of rotatable bonds is 4. The molecule has 1 amide bonds. The topological polar surface area (TPSA) is 95.1 Å². The molecule has 150 valence electrons. The van der Waals surface area contributed by atoms with Gasteiger partial charge in [0, 0.05) is 44.7 Å². The van der Waals surface area contributed by atoms with Crippen molar-refractivity contribution in [3.8, 4) is 0 Å². The molecule has 0 saturated carbocycles. The predicted molar refractivity (Wildman–Crippen MR) is 98.4 cm³/mol. The van der Waals surface area contributed by atoms with E-state index < -0.39 is 30.9 Å². The van der Waals surface area contributed by atoms with Crippen LogP contribution < -0.4 is 0 Å². The lowest BCUT2D eigenvalue weighted by atomic mass is 9.60. The van der Waals surface area contributed by atoms with Crippen molar-refractivity contribution in [2.24, 2.45) is 10.8 Å². The number of fused-ring (bicyclic) bond motifs is 1. The Hall–Kier alpha value is -0.710. The van der Waals surface area contributed by atoms with Gasteiger partial charge in [-0.05, 0) is 33.1 Å². The first-order chi connectivity index (χ1) is 12.0. The van der Waals surface area contributed by atoms with Crippen LogP contribution in [0.15, 0.2) is 0 Å². The van der Waals surface area contributed by atoms with Crippen molar-refractivity contribution in [3.05, 3.63) is 0 Å². The maximum Gasteiger partial charge on any atom is 0.230 e. The zero-order valence-corrected chi connectivity index (χ0v) is 17.4. The van der Waals surface area contributed by atoms with Gasteiger partial charge in [0.15, 0.2) is 0 Å². The third-order valence-corrected chi connectivity index (χ3v) is 9.81. The fourth-order valence-corrected chi connectivity index (χ4v) is 7.08. The van der Waals surface area contributed by atoms with E-state index in [4.69, 9.17) is 0 Å². The Balaban J connectivity index is 1.95. The molecule has 0 N–H and O–H groups in total. The maximum absolute atomic E-state index is 13.2. The van der Waals surface area contributed by atoms with Gasteiger partial charge in [-0.25, -0.2) is 25.4 Å². The largest absolute Gasteiger partial charge is 0.342 e. The van der Waals surface area contributed by atoms with E-state index in [0.717, 1.165) is 0 Å². The molecule has 0 aromatic rings. The molecule has 1 unspecified atom stereocenters. The minimum Gasteiger partial charge on any atom is -0.342 e. The van der Waals surface area contributed by atoms with E-state index >= 15 is 0 Å². The highest BCUT2D eigenvalue weighted by atomic mass is 32.2. The van der Waals surface area contributed by atoms with Gasteiger partial charge in [0.1, 0.15) is 0 Å². The van der Waals surface area contributed by atoms with Crippen LogP contribution in [0.5, 0.6) is 0 Å². The van der Waals surface area contributed by atoms with Crippen molar-refractivity contribution in [3.63, 3.8) is 0 Å². The van der Waals surface area contributed by atoms with Crippen molar-refractivity contribution in [2.75, 3.05) is 51.3 Å². The van der Waals surface area contributed by atoms with E-state index in [1.54, 1.807) is 6.92 Å². The van der Waals surface area contributed by atoms with E-state index in [1.165, 1.54) is 14.9 Å². The lowest BCUT2D eigenvalue weighted by Gasteiger charge is -2.46. The summed E-state index contributed by atoms with van der Waals surface area (Å²) in [4.78, 5) is 15.0. The zero-order chi connectivity index (χ0) is 19.4. The Morgan fingerprint density at radius 1 is 0.923 bits per heavy atom. The first-order valence-electron chi connectivity index (χ1n) is 9.24. The van der Waals surface area contributed by atoms with Crippen LogP contribution in [0.3, 0.4) is 0 Å². The van der Waals surface area contributed by atoms with Crippen LogP contribution in [-0.2, 0) is 24.8 Å². The molecule has 0 aliphatic carbocycles. The lowest BCUT2D eigenvalue weighted by Crippen LogP contribution is -2.53. The number of piperidine rings is 1. The van der Waals surface area contributed by atoms with Crippen LogP contribution >= 0.6 is 0 Å². The van der Waals surface area contributed by atoms with Gasteiger partial charge in [-0.2, -0.15) is 0 Å². The summed E-state index contributed by atoms with van der Waals surface area (Å²) in [5.41, 5.74) is -1.19. The Kier molecular flexibility index (Phi) is 4.95. The molecule has 3 heterocycles. The van der Waals surface area contributed by atoms with Gasteiger partial charge in [0.25, 0.3) is 0 Å². The van der Waals surface area contributed by atoms with Gasteiger partial charge >= 0.3 is 0 Å². The third kappa shape index (κ3) is 2.89. The summed E-state index contributed by atoms with van der Waals surface area (Å²) in [7, 11) is -6.67. The summed E-state index contributed by atoms with van der Waals surface area (Å²) in [6, 6.07) is 0. The van der Waals surface area contributed by atoms with Crippen molar-refractivity contribution < 1.29 is 21.6 Å². The van der Waals surface area contributed by atoms with Crippen LogP contribution in [0, 0.1) is 10.8 Å². The summed E-state index contributed by atoms with van der Waals surface area (Å²) in [5, 5.41) is 0. The molecule has 1 atom stereocenters. The average molecular weight is 408 g/mol. The molecule has 0 radical (unpaired) electrons. The predicted octanol–water partition coefficient (Wildman–Crippen LogP) is -0.0679. The van der Waals surface area contributed by atoms with Crippen molar-refractivity contribution >= 4 is 26.0 Å². The standard InChI is InChI=1S/C16H29N3O5S2/c1-4-17-9-8-16(14(17)20)13-19(25(3,21)22)12-15(16)6-10-18(11-7-15)26(23,24)5-2/h4-13H2,1-3H3. The van der Waals surface area contributed by atoms with Crippen molar-refractivity contribution in [1.82, 2.24) is 13.5 Å². The summed E-state index contributed by atoms with van der Waals surface area (Å²) in [6.07, 6.45) is 2.89. The van der Waals surface area contributed by atoms with E-state index in [1.807, 2.05) is 11.8 Å². The Labute approximate surface area is 156 Å². The number of likely N-dealkylation sites (tertiary alicyclic amines) is 1. The lowest BCUT2D eigenvalue weighted by molar-refractivity contribution is -0.141. The van der Waals surface area contributed by atoms with Gasteiger partial charge in [0.2, 0.25) is 26.0 Å². The zero-order valence-electron chi connectivity index (χ0n) is 15.8. The Bertz CT molecular complexity index is 787. The molecule has 3 fully saturated rings. The summed E-state index contributed by atoms with van der Waals surface area (Å²) >= 11 is 0. The fourth-order valence-electron chi connectivity index (χ4n) is 5.04. The van der Waals surface area contributed by atoms with E-state index in [0.29, 0.717) is 52.0 Å². The Morgan fingerprint density at radius 3 is 2.00 bits per heavy atom. The van der Waals surface area contributed by atoms with Crippen LogP contribution in [-0.4, -0.2) is 87.5 Å². The second kappa shape index (κ2) is 6.42. The average Bonchev–Trinajstić information content (AvgIpc) is 3.08. The molecule has 8 nitrogen and oxygen atoms in total. The molecular weight excluding hydrogens is 378 g/mol. The number of hydrogen-bond donors (Lipinski definition) is 0. The highest BCUT2D eigenvalue weighted by Crippen LogP contribution is 2.58. The summed E-state index contributed by atoms with van der Waals surface area (Å²) < 4.78 is 51.8. The van der Waals surface area contributed by atoms with Gasteiger partial charge in [-0.3, -0.25) is 4.79 Å². The van der Waals surface area contributed by atoms with Crippen LogP contribution in [0.4, 0.5) is 0 Å². The van der Waals surface area contributed by atoms with Crippen LogP contribution in [0.2, 0.25) is 0 Å². The van der Waals surface area contributed by atoms with Gasteiger partial charge in [-0.15, -0.1) is 0 Å². The van der Waals surface area contributed by atoms with Crippen LogP contribution in [0.1, 0.15) is 33.1 Å². The monoisotopic (exact) mass is 407 g/mol. The van der Waals surface area contributed by atoms with Gasteiger partial charge in [0.05, 0.1) is 17.4 Å². The quantitative estimate of drug-likeness (QED) is 0.650. The molecule has 3 rings (SSSR count). The number of carbonyl (C=O) groups excluding carboxylic acids is 1. The van der Waals surface area contributed by atoms with Crippen LogP contribution in [0.25, 0.3) is 0 Å². The van der Waals surface area contributed by atoms with Gasteiger partial charge < -0.3 is 4.90 Å². The number of amides is 1. The van der Waals surface area contributed by atoms with E-state index in [9.17, 15) is 21.6 Å². The summed E-state index contributed by atoms with van der Waals surface area (Å²) in [6.45, 7) is 6.07. The number of sulfonamides is 2. The molecule has 0 aromatic carbocycles. The summed E-state index contributed by atoms with van der Waals surface area (Å²) in [5.74, 6) is 0.0984. The normalized spacial score (nSPS) is 30.7. The second-order valence-electron chi connectivity index (χ2n) is 7.83. The van der Waals surface area contributed by atoms with E-state index in [-0.39, 0.29) is 18.2 Å². The molecule has 3 aliphatic rings.